The van der Waals surface area contributed by atoms with Crippen LogP contribution in [0.4, 0.5) is 34.1 Å². The molecule has 10 aromatic carbocycles. The fourth-order valence-electron chi connectivity index (χ4n) is 9.22. The number of hydrogen-bond donors (Lipinski definition) is 0. The highest BCUT2D eigenvalue weighted by atomic mass is 16.3. The molecular formula is C58H38N2O2. The number of nitrogens with zero attached hydrogens (tertiary/aromatic N) is 2. The predicted octanol–water partition coefficient (Wildman–Crippen LogP) is 16.9. The standard InChI is InChI=1S/C58H38N2O2/c1-4-17-39(18-5-1)40-31-34-44(35-32-40)59(51-28-16-30-54-56(51)48-26-13-15-29-53(48)61-54)45-37-52(57-49-36-33-42-21-10-11-25-47(42)58(49)62-55(57)38-45)60(43-22-8-3-9-23-43)50-27-14-12-24-46(50)41-19-6-2-7-20-41/h1-38H. The maximum absolute atomic E-state index is 7.15. The highest BCUT2D eigenvalue weighted by molar-refractivity contribution is 6.21. The Balaban J connectivity index is 1.19. The summed E-state index contributed by atoms with van der Waals surface area (Å²) in [6.07, 6.45) is 0. The molecule has 12 aromatic rings. The molecule has 0 fully saturated rings. The highest BCUT2D eigenvalue weighted by Crippen LogP contribution is 2.51. The lowest BCUT2D eigenvalue weighted by molar-refractivity contribution is 0.669. The predicted molar refractivity (Wildman–Crippen MR) is 259 cm³/mol. The van der Waals surface area contributed by atoms with Gasteiger partial charge in [-0.2, -0.15) is 0 Å². The van der Waals surface area contributed by atoms with Crippen molar-refractivity contribution in [3.05, 3.63) is 231 Å². The molecule has 0 spiro atoms. The van der Waals surface area contributed by atoms with Crippen molar-refractivity contribution in [2.75, 3.05) is 9.80 Å². The van der Waals surface area contributed by atoms with Crippen LogP contribution in [0.15, 0.2) is 239 Å². The van der Waals surface area contributed by atoms with Gasteiger partial charge < -0.3 is 18.6 Å². The Hall–Kier alpha value is -8.34. The van der Waals surface area contributed by atoms with E-state index in [2.05, 4.69) is 228 Å². The third kappa shape index (κ3) is 5.92. The van der Waals surface area contributed by atoms with Crippen molar-refractivity contribution in [2.24, 2.45) is 0 Å². The van der Waals surface area contributed by atoms with Crippen molar-refractivity contribution in [1.29, 1.82) is 0 Å². The van der Waals surface area contributed by atoms with E-state index in [0.717, 1.165) is 105 Å². The zero-order chi connectivity index (χ0) is 41.0. The van der Waals surface area contributed by atoms with Gasteiger partial charge in [0.2, 0.25) is 0 Å². The minimum atomic E-state index is 0.789. The molecule has 0 saturated carbocycles. The minimum Gasteiger partial charge on any atom is -0.456 e. The van der Waals surface area contributed by atoms with Crippen LogP contribution in [-0.4, -0.2) is 0 Å². The molecule has 0 atom stereocenters. The quantitative estimate of drug-likeness (QED) is 0.153. The number of rotatable bonds is 8. The van der Waals surface area contributed by atoms with Gasteiger partial charge in [0.15, 0.2) is 0 Å². The second-order valence-electron chi connectivity index (χ2n) is 15.7. The number of para-hydroxylation sites is 3. The Morgan fingerprint density at radius 2 is 0.887 bits per heavy atom. The Bertz CT molecular complexity index is 3570. The van der Waals surface area contributed by atoms with Crippen LogP contribution < -0.4 is 9.80 Å². The molecule has 0 aliphatic heterocycles. The lowest BCUT2D eigenvalue weighted by Gasteiger charge is -2.31. The summed E-state index contributed by atoms with van der Waals surface area (Å²) in [6.45, 7) is 0. The van der Waals surface area contributed by atoms with Gasteiger partial charge in [0.1, 0.15) is 22.3 Å². The van der Waals surface area contributed by atoms with E-state index in [4.69, 9.17) is 8.83 Å². The maximum atomic E-state index is 7.15. The number of benzene rings is 10. The Labute approximate surface area is 358 Å². The van der Waals surface area contributed by atoms with Gasteiger partial charge in [-0.25, -0.2) is 0 Å². The molecular weight excluding hydrogens is 757 g/mol. The van der Waals surface area contributed by atoms with Crippen molar-refractivity contribution >= 4 is 88.8 Å². The molecule has 292 valence electrons. The number of furan rings is 2. The average molecular weight is 795 g/mol. The Kier molecular flexibility index (Phi) is 8.46. The van der Waals surface area contributed by atoms with Crippen LogP contribution in [0.3, 0.4) is 0 Å². The molecule has 0 amide bonds. The van der Waals surface area contributed by atoms with Gasteiger partial charge in [-0.15, -0.1) is 0 Å². The van der Waals surface area contributed by atoms with E-state index in [1.165, 1.54) is 5.56 Å². The van der Waals surface area contributed by atoms with Gasteiger partial charge >= 0.3 is 0 Å². The van der Waals surface area contributed by atoms with Crippen molar-refractivity contribution in [3.63, 3.8) is 0 Å². The first-order valence-corrected chi connectivity index (χ1v) is 21.0. The number of anilines is 6. The summed E-state index contributed by atoms with van der Waals surface area (Å²) in [4.78, 5) is 4.77. The normalized spacial score (nSPS) is 11.5. The van der Waals surface area contributed by atoms with E-state index in [1.807, 2.05) is 12.1 Å². The second kappa shape index (κ2) is 14.7. The largest absolute Gasteiger partial charge is 0.456 e. The second-order valence-corrected chi connectivity index (χ2v) is 15.7. The molecule has 0 aliphatic rings. The highest BCUT2D eigenvalue weighted by Gasteiger charge is 2.27. The molecule has 0 radical (unpaired) electrons. The lowest BCUT2D eigenvalue weighted by atomic mass is 9.99. The molecule has 0 unspecified atom stereocenters. The van der Waals surface area contributed by atoms with E-state index >= 15 is 0 Å². The summed E-state index contributed by atoms with van der Waals surface area (Å²) in [5.41, 5.74) is 13.9. The van der Waals surface area contributed by atoms with E-state index < -0.39 is 0 Å². The summed E-state index contributed by atoms with van der Waals surface area (Å²) >= 11 is 0. The van der Waals surface area contributed by atoms with Crippen LogP contribution >= 0.6 is 0 Å². The van der Waals surface area contributed by atoms with Crippen LogP contribution in [0.2, 0.25) is 0 Å². The molecule has 2 heterocycles. The fourth-order valence-corrected chi connectivity index (χ4v) is 9.22. The van der Waals surface area contributed by atoms with Crippen molar-refractivity contribution in [1.82, 2.24) is 0 Å². The summed E-state index contributed by atoms with van der Waals surface area (Å²) in [5.74, 6) is 0. The summed E-state index contributed by atoms with van der Waals surface area (Å²) < 4.78 is 13.7. The summed E-state index contributed by atoms with van der Waals surface area (Å²) in [5, 5.41) is 6.40. The van der Waals surface area contributed by atoms with Crippen LogP contribution in [0.25, 0.3) is 76.9 Å². The van der Waals surface area contributed by atoms with Crippen molar-refractivity contribution < 1.29 is 8.83 Å². The molecule has 0 bridgehead atoms. The molecule has 0 saturated heterocycles. The molecule has 0 aliphatic carbocycles. The Morgan fingerprint density at radius 3 is 1.69 bits per heavy atom. The van der Waals surface area contributed by atoms with Gasteiger partial charge in [-0.05, 0) is 82.7 Å². The first-order chi connectivity index (χ1) is 30.8. The minimum absolute atomic E-state index is 0.789. The first-order valence-electron chi connectivity index (χ1n) is 21.0. The summed E-state index contributed by atoms with van der Waals surface area (Å²) in [6, 6.07) is 81.5. The molecule has 4 heteroatoms. The zero-order valence-electron chi connectivity index (χ0n) is 33.7. The number of hydrogen-bond acceptors (Lipinski definition) is 4. The molecule has 4 nitrogen and oxygen atoms in total. The van der Waals surface area contributed by atoms with Crippen LogP contribution in [0.1, 0.15) is 0 Å². The maximum Gasteiger partial charge on any atom is 0.143 e. The lowest BCUT2D eigenvalue weighted by Crippen LogP contribution is -2.14. The topological polar surface area (TPSA) is 32.8 Å². The molecule has 0 N–H and O–H groups in total. The van der Waals surface area contributed by atoms with E-state index in [9.17, 15) is 0 Å². The average Bonchev–Trinajstić information content (AvgIpc) is 3.93. The third-order valence-electron chi connectivity index (χ3n) is 12.0. The van der Waals surface area contributed by atoms with Crippen molar-refractivity contribution in [3.8, 4) is 22.3 Å². The SMILES string of the molecule is c1ccc(-c2ccc(N(c3cc(N(c4ccccc4)c4ccccc4-c4ccccc4)c4c(c3)oc3c5ccccc5ccc34)c3cccc4oc5ccccc5c34)cc2)cc1. The molecule has 12 rings (SSSR count). The fraction of sp³-hybridized carbons (Fsp3) is 0. The Morgan fingerprint density at radius 1 is 0.290 bits per heavy atom. The zero-order valence-corrected chi connectivity index (χ0v) is 33.7. The third-order valence-corrected chi connectivity index (χ3v) is 12.0. The van der Waals surface area contributed by atoms with Gasteiger partial charge in [-0.3, -0.25) is 0 Å². The smallest absolute Gasteiger partial charge is 0.143 e. The summed E-state index contributed by atoms with van der Waals surface area (Å²) in [7, 11) is 0. The van der Waals surface area contributed by atoms with Gasteiger partial charge in [0.25, 0.3) is 0 Å². The monoisotopic (exact) mass is 794 g/mol. The van der Waals surface area contributed by atoms with Crippen LogP contribution in [0.5, 0.6) is 0 Å². The van der Waals surface area contributed by atoms with Gasteiger partial charge in [-0.1, -0.05) is 164 Å². The molecule has 62 heavy (non-hydrogen) atoms. The van der Waals surface area contributed by atoms with Crippen LogP contribution in [-0.2, 0) is 0 Å². The van der Waals surface area contributed by atoms with E-state index in [1.54, 1.807) is 0 Å². The molecule has 2 aromatic heterocycles. The van der Waals surface area contributed by atoms with Gasteiger partial charge in [0, 0.05) is 39.2 Å². The first kappa shape index (κ1) is 35.6. The van der Waals surface area contributed by atoms with E-state index in [0.29, 0.717) is 0 Å². The van der Waals surface area contributed by atoms with Crippen molar-refractivity contribution in [2.45, 2.75) is 0 Å². The van der Waals surface area contributed by atoms with Gasteiger partial charge in [0.05, 0.1) is 33.5 Å². The van der Waals surface area contributed by atoms with E-state index in [-0.39, 0.29) is 0 Å². The number of fused-ring (bicyclic) bond motifs is 8. The van der Waals surface area contributed by atoms with Crippen LogP contribution in [0, 0.1) is 0 Å².